The zero-order chi connectivity index (χ0) is 9.03. The first-order valence-electron chi connectivity index (χ1n) is 4.23. The first-order valence-corrected chi connectivity index (χ1v) is 5.77. The molecule has 0 aromatic carbocycles. The summed E-state index contributed by atoms with van der Waals surface area (Å²) in [5, 5.41) is -0.150. The number of rotatable bonds is 6. The number of hydrogen-bond acceptors (Lipinski definition) is 3. The third-order valence-corrected chi connectivity index (χ3v) is 3.54. The van der Waals surface area contributed by atoms with Crippen LogP contribution < -0.4 is 4.72 Å². The minimum atomic E-state index is -3.04. The minimum Gasteiger partial charge on any atom is -0.365 e. The lowest BCUT2D eigenvalue weighted by molar-refractivity contribution is 0.131. The van der Waals surface area contributed by atoms with E-state index < -0.39 is 10.0 Å². The van der Waals surface area contributed by atoms with Crippen LogP contribution in [0.5, 0.6) is 0 Å². The van der Waals surface area contributed by atoms with Gasteiger partial charge in [0.05, 0.1) is 5.25 Å². The van der Waals surface area contributed by atoms with E-state index in [1.807, 2.05) is 6.92 Å². The van der Waals surface area contributed by atoms with E-state index in [4.69, 9.17) is 4.74 Å². The number of sulfonamides is 1. The van der Waals surface area contributed by atoms with Crippen molar-refractivity contribution in [2.45, 2.75) is 31.4 Å². The number of nitrogens with one attached hydrogen (secondary N) is 1. The molecule has 0 aromatic rings. The quantitative estimate of drug-likeness (QED) is 0.492. The van der Waals surface area contributed by atoms with E-state index in [1.54, 1.807) is 0 Å². The van der Waals surface area contributed by atoms with Crippen molar-refractivity contribution in [3.05, 3.63) is 0 Å². The zero-order valence-corrected chi connectivity index (χ0v) is 8.06. The SMILES string of the molecule is CCCOCNS(=O)(=O)C1CC1. The van der Waals surface area contributed by atoms with Gasteiger partial charge in [-0.2, -0.15) is 4.72 Å². The van der Waals surface area contributed by atoms with E-state index in [2.05, 4.69) is 4.72 Å². The fourth-order valence-corrected chi connectivity index (χ4v) is 2.08. The average Bonchev–Trinajstić information content (AvgIpc) is 2.80. The summed E-state index contributed by atoms with van der Waals surface area (Å²) in [5.41, 5.74) is 0. The molecule has 0 amide bonds. The van der Waals surface area contributed by atoms with Crippen LogP contribution in [0.25, 0.3) is 0 Å². The molecule has 0 aliphatic heterocycles. The lowest BCUT2D eigenvalue weighted by atomic mass is 10.5. The summed E-state index contributed by atoms with van der Waals surface area (Å²) in [5.74, 6) is 0. The second-order valence-corrected chi connectivity index (χ2v) is 4.99. The van der Waals surface area contributed by atoms with Gasteiger partial charge in [-0.1, -0.05) is 6.92 Å². The molecule has 1 rings (SSSR count). The van der Waals surface area contributed by atoms with Gasteiger partial charge in [0.25, 0.3) is 0 Å². The van der Waals surface area contributed by atoms with Crippen molar-refractivity contribution in [1.82, 2.24) is 4.72 Å². The molecule has 0 radical (unpaired) electrons. The molecule has 0 aromatic heterocycles. The van der Waals surface area contributed by atoms with Gasteiger partial charge in [-0.15, -0.1) is 0 Å². The van der Waals surface area contributed by atoms with E-state index in [9.17, 15) is 8.42 Å². The molecule has 5 heteroatoms. The summed E-state index contributed by atoms with van der Waals surface area (Å²) in [6.45, 7) is 2.70. The van der Waals surface area contributed by atoms with Crippen LogP contribution >= 0.6 is 0 Å². The molecule has 0 spiro atoms. The first-order chi connectivity index (χ1) is 5.67. The average molecular weight is 193 g/mol. The van der Waals surface area contributed by atoms with Crippen LogP contribution in [0, 0.1) is 0 Å². The van der Waals surface area contributed by atoms with Crippen LogP contribution in [0.1, 0.15) is 26.2 Å². The van der Waals surface area contributed by atoms with Gasteiger partial charge in [0.15, 0.2) is 0 Å². The Labute approximate surface area is 73.3 Å². The van der Waals surface area contributed by atoms with Crippen LogP contribution in [0.4, 0.5) is 0 Å². The van der Waals surface area contributed by atoms with E-state index >= 15 is 0 Å². The van der Waals surface area contributed by atoms with Gasteiger partial charge in [-0.3, -0.25) is 0 Å². The fourth-order valence-electron chi connectivity index (χ4n) is 0.836. The number of hydrogen-bond donors (Lipinski definition) is 1. The first kappa shape index (κ1) is 9.95. The maximum absolute atomic E-state index is 11.2. The van der Waals surface area contributed by atoms with Crippen molar-refractivity contribution in [3.8, 4) is 0 Å². The molecule has 1 aliphatic rings. The molecule has 12 heavy (non-hydrogen) atoms. The molecule has 0 unspecified atom stereocenters. The number of ether oxygens (including phenoxy) is 1. The maximum Gasteiger partial charge on any atom is 0.216 e. The Hall–Kier alpha value is -0.130. The minimum absolute atomic E-state index is 0.118. The van der Waals surface area contributed by atoms with Gasteiger partial charge in [-0.25, -0.2) is 8.42 Å². The topological polar surface area (TPSA) is 55.4 Å². The molecule has 0 heterocycles. The molecular formula is C7H15NO3S. The predicted octanol–water partition coefficient (Wildman–Crippen LogP) is 0.452. The highest BCUT2D eigenvalue weighted by molar-refractivity contribution is 7.90. The van der Waals surface area contributed by atoms with E-state index in [0.29, 0.717) is 6.61 Å². The van der Waals surface area contributed by atoms with Crippen molar-refractivity contribution in [1.29, 1.82) is 0 Å². The molecule has 0 bridgehead atoms. The van der Waals surface area contributed by atoms with E-state index in [0.717, 1.165) is 19.3 Å². The molecular weight excluding hydrogens is 178 g/mol. The third kappa shape index (κ3) is 3.08. The molecule has 1 saturated carbocycles. The largest absolute Gasteiger partial charge is 0.365 e. The second-order valence-electron chi connectivity index (χ2n) is 2.94. The summed E-state index contributed by atoms with van der Waals surface area (Å²) in [7, 11) is -3.04. The van der Waals surface area contributed by atoms with Crippen molar-refractivity contribution < 1.29 is 13.2 Å². The molecule has 0 saturated heterocycles. The normalized spacial score (nSPS) is 18.1. The predicted molar refractivity (Wildman–Crippen MR) is 46.2 cm³/mol. The Balaban J connectivity index is 2.13. The Morgan fingerprint density at radius 2 is 2.17 bits per heavy atom. The Morgan fingerprint density at radius 1 is 1.50 bits per heavy atom. The van der Waals surface area contributed by atoms with Crippen LogP contribution in [-0.2, 0) is 14.8 Å². The molecule has 1 N–H and O–H groups in total. The van der Waals surface area contributed by atoms with Gasteiger partial charge >= 0.3 is 0 Å². The zero-order valence-electron chi connectivity index (χ0n) is 7.25. The van der Waals surface area contributed by atoms with Crippen LogP contribution in [0.2, 0.25) is 0 Å². The molecule has 4 nitrogen and oxygen atoms in total. The molecule has 0 atom stereocenters. The van der Waals surface area contributed by atoms with E-state index in [1.165, 1.54) is 0 Å². The lowest BCUT2D eigenvalue weighted by Crippen LogP contribution is -2.29. The Morgan fingerprint density at radius 3 is 2.67 bits per heavy atom. The standard InChI is InChI=1S/C7H15NO3S/c1-2-5-11-6-8-12(9,10)7-3-4-7/h7-8H,2-6H2,1H3. The third-order valence-electron chi connectivity index (χ3n) is 1.67. The Kier molecular flexibility index (Phi) is 3.49. The van der Waals surface area contributed by atoms with Crippen LogP contribution in [0.15, 0.2) is 0 Å². The summed E-state index contributed by atoms with van der Waals surface area (Å²) in [4.78, 5) is 0. The van der Waals surface area contributed by atoms with Gasteiger partial charge in [0.2, 0.25) is 10.0 Å². The van der Waals surface area contributed by atoms with Gasteiger partial charge < -0.3 is 4.74 Å². The Bertz CT molecular complexity index is 221. The summed E-state index contributed by atoms with van der Waals surface area (Å²) >= 11 is 0. The molecule has 1 aliphatic carbocycles. The molecule has 72 valence electrons. The lowest BCUT2D eigenvalue weighted by Gasteiger charge is -2.04. The van der Waals surface area contributed by atoms with Crippen LogP contribution in [0.3, 0.4) is 0 Å². The van der Waals surface area contributed by atoms with Crippen molar-refractivity contribution in [3.63, 3.8) is 0 Å². The smallest absolute Gasteiger partial charge is 0.216 e. The fraction of sp³-hybridized carbons (Fsp3) is 1.00. The van der Waals surface area contributed by atoms with E-state index in [-0.39, 0.29) is 12.0 Å². The van der Waals surface area contributed by atoms with Crippen molar-refractivity contribution >= 4 is 10.0 Å². The van der Waals surface area contributed by atoms with Gasteiger partial charge in [0, 0.05) is 6.61 Å². The highest BCUT2D eigenvalue weighted by Gasteiger charge is 2.35. The van der Waals surface area contributed by atoms with Gasteiger partial charge in [0.1, 0.15) is 6.73 Å². The second kappa shape index (κ2) is 4.20. The van der Waals surface area contributed by atoms with Crippen molar-refractivity contribution in [2.75, 3.05) is 13.3 Å². The van der Waals surface area contributed by atoms with Crippen LogP contribution in [-0.4, -0.2) is 27.0 Å². The maximum atomic E-state index is 11.2. The van der Waals surface area contributed by atoms with Crippen molar-refractivity contribution in [2.24, 2.45) is 0 Å². The monoisotopic (exact) mass is 193 g/mol. The summed E-state index contributed by atoms with van der Waals surface area (Å²) in [6.07, 6.45) is 2.50. The molecule has 1 fully saturated rings. The highest BCUT2D eigenvalue weighted by atomic mass is 32.2. The summed E-state index contributed by atoms with van der Waals surface area (Å²) < 4.78 is 29.7. The summed E-state index contributed by atoms with van der Waals surface area (Å²) in [6, 6.07) is 0. The van der Waals surface area contributed by atoms with Gasteiger partial charge in [-0.05, 0) is 19.3 Å². The highest BCUT2D eigenvalue weighted by Crippen LogP contribution is 2.27.